The molecular formula is C28H36N2O3. The number of benzene rings is 1. The molecule has 1 heterocycles. The van der Waals surface area contributed by atoms with Crippen LogP contribution in [-0.2, 0) is 23.2 Å². The molecule has 1 N–H and O–H groups in total. The van der Waals surface area contributed by atoms with E-state index in [4.69, 9.17) is 9.26 Å². The van der Waals surface area contributed by atoms with E-state index in [9.17, 15) is 4.79 Å². The molecule has 1 aromatic heterocycles. The fraction of sp³-hybridized carbons (Fsp3) is 0.643. The standard InChI is InChI=1S/C28H36N2O3/c1-17-3-4-22(24(9-17)32-2)16-29-25(31)8-7-23-26(21-5-6-21)27(33-30-23)28-13-18-10-19(14-28)12-20(11-18)15-28/h3-4,9,18-21H,5-8,10-16H2,1-2H3,(H,29,31). The van der Waals surface area contributed by atoms with Crippen molar-refractivity contribution in [1.29, 1.82) is 0 Å². The lowest BCUT2D eigenvalue weighted by Gasteiger charge is -2.55. The van der Waals surface area contributed by atoms with Crippen LogP contribution in [0.1, 0.15) is 91.8 Å². The van der Waals surface area contributed by atoms with Crippen LogP contribution in [-0.4, -0.2) is 18.2 Å². The average Bonchev–Trinajstić information content (AvgIpc) is 3.54. The molecule has 5 aliphatic carbocycles. The molecule has 1 amide bonds. The Morgan fingerprint density at radius 3 is 2.48 bits per heavy atom. The van der Waals surface area contributed by atoms with Gasteiger partial charge in [-0.3, -0.25) is 4.79 Å². The van der Waals surface area contributed by atoms with Gasteiger partial charge in [-0.05, 0) is 93.6 Å². The molecule has 2 aromatic rings. The van der Waals surface area contributed by atoms with Gasteiger partial charge in [-0.2, -0.15) is 0 Å². The van der Waals surface area contributed by atoms with Crippen molar-refractivity contribution in [2.24, 2.45) is 17.8 Å². The maximum Gasteiger partial charge on any atom is 0.220 e. The normalized spacial score (nSPS) is 29.9. The van der Waals surface area contributed by atoms with Gasteiger partial charge in [0.1, 0.15) is 11.5 Å². The summed E-state index contributed by atoms with van der Waals surface area (Å²) in [6.07, 6.45) is 11.8. The topological polar surface area (TPSA) is 64.4 Å². The highest BCUT2D eigenvalue weighted by atomic mass is 16.5. The summed E-state index contributed by atoms with van der Waals surface area (Å²) in [4.78, 5) is 12.7. The summed E-state index contributed by atoms with van der Waals surface area (Å²) in [5.74, 6) is 5.38. The minimum absolute atomic E-state index is 0.0544. The summed E-state index contributed by atoms with van der Waals surface area (Å²) in [5, 5.41) is 7.65. The SMILES string of the molecule is COc1cc(C)ccc1CNC(=O)CCc1noc(C23CC4CC(CC(C4)C2)C3)c1C1CC1. The van der Waals surface area contributed by atoms with Gasteiger partial charge in [0.2, 0.25) is 5.91 Å². The molecule has 0 radical (unpaired) electrons. The molecule has 0 unspecified atom stereocenters. The lowest BCUT2D eigenvalue weighted by Crippen LogP contribution is -2.48. The second-order valence-corrected chi connectivity index (χ2v) is 11.4. The number of aromatic nitrogens is 1. The molecule has 176 valence electrons. The van der Waals surface area contributed by atoms with E-state index >= 15 is 0 Å². The third kappa shape index (κ3) is 3.98. The number of carbonyl (C=O) groups is 1. The van der Waals surface area contributed by atoms with Gasteiger partial charge < -0.3 is 14.6 Å². The van der Waals surface area contributed by atoms with E-state index < -0.39 is 0 Å². The van der Waals surface area contributed by atoms with Crippen molar-refractivity contribution in [2.75, 3.05) is 7.11 Å². The highest BCUT2D eigenvalue weighted by molar-refractivity contribution is 5.76. The molecule has 4 bridgehead atoms. The Bertz CT molecular complexity index is 1020. The Labute approximate surface area is 196 Å². The number of ether oxygens (including phenoxy) is 1. The first-order chi connectivity index (χ1) is 16.0. The number of methoxy groups -OCH3 is 1. The van der Waals surface area contributed by atoms with Crippen molar-refractivity contribution in [3.63, 3.8) is 0 Å². The first kappa shape index (κ1) is 21.2. The number of aryl methyl sites for hydroxylation is 2. The molecule has 5 heteroatoms. The van der Waals surface area contributed by atoms with Crippen LogP contribution in [0.3, 0.4) is 0 Å². The van der Waals surface area contributed by atoms with E-state index in [1.165, 1.54) is 62.7 Å². The maximum atomic E-state index is 12.7. The molecule has 0 aliphatic heterocycles. The summed E-state index contributed by atoms with van der Waals surface area (Å²) in [6, 6.07) is 6.08. The Kier molecular flexibility index (Phi) is 5.26. The first-order valence-electron chi connectivity index (χ1n) is 12.9. The molecule has 1 aromatic carbocycles. The van der Waals surface area contributed by atoms with Crippen LogP contribution in [0.2, 0.25) is 0 Å². The van der Waals surface area contributed by atoms with E-state index in [0.717, 1.165) is 40.3 Å². The van der Waals surface area contributed by atoms with E-state index in [-0.39, 0.29) is 11.3 Å². The van der Waals surface area contributed by atoms with Gasteiger partial charge in [0.15, 0.2) is 0 Å². The van der Waals surface area contributed by atoms with Crippen LogP contribution in [0.15, 0.2) is 22.7 Å². The highest BCUT2D eigenvalue weighted by Crippen LogP contribution is 2.62. The number of nitrogens with zero attached hydrogens (tertiary/aromatic N) is 1. The maximum absolute atomic E-state index is 12.7. The minimum atomic E-state index is 0.0544. The third-order valence-corrected chi connectivity index (χ3v) is 8.82. The van der Waals surface area contributed by atoms with Crippen molar-refractivity contribution in [1.82, 2.24) is 10.5 Å². The van der Waals surface area contributed by atoms with E-state index in [1.807, 2.05) is 25.1 Å². The lowest BCUT2D eigenvalue weighted by molar-refractivity contribution is -0.121. The number of carbonyl (C=O) groups excluding carboxylic acids is 1. The molecule has 5 saturated carbocycles. The van der Waals surface area contributed by atoms with Crippen molar-refractivity contribution < 1.29 is 14.1 Å². The van der Waals surface area contributed by atoms with Gasteiger partial charge in [-0.25, -0.2) is 0 Å². The van der Waals surface area contributed by atoms with Gasteiger partial charge >= 0.3 is 0 Å². The van der Waals surface area contributed by atoms with Crippen LogP contribution in [0.25, 0.3) is 0 Å². The molecule has 7 rings (SSSR count). The predicted molar refractivity (Wildman–Crippen MR) is 126 cm³/mol. The molecule has 0 atom stereocenters. The zero-order valence-corrected chi connectivity index (χ0v) is 20.0. The van der Waals surface area contributed by atoms with Crippen molar-refractivity contribution in [3.8, 4) is 5.75 Å². The van der Waals surface area contributed by atoms with Crippen LogP contribution in [0, 0.1) is 24.7 Å². The van der Waals surface area contributed by atoms with Gasteiger partial charge in [-0.1, -0.05) is 17.3 Å². The number of rotatable bonds is 8. The molecule has 5 fully saturated rings. The molecule has 5 nitrogen and oxygen atoms in total. The van der Waals surface area contributed by atoms with Gasteiger partial charge in [0, 0.05) is 35.9 Å². The second kappa shape index (κ2) is 8.18. The van der Waals surface area contributed by atoms with E-state index in [0.29, 0.717) is 25.3 Å². The predicted octanol–water partition coefficient (Wildman–Crippen LogP) is 5.59. The monoisotopic (exact) mass is 448 g/mol. The number of hydrogen-bond acceptors (Lipinski definition) is 4. The zero-order chi connectivity index (χ0) is 22.6. The highest BCUT2D eigenvalue weighted by Gasteiger charge is 2.55. The average molecular weight is 449 g/mol. The van der Waals surface area contributed by atoms with Crippen molar-refractivity contribution in [2.45, 2.75) is 89.0 Å². The number of nitrogens with one attached hydrogen (secondary N) is 1. The molecule has 33 heavy (non-hydrogen) atoms. The van der Waals surface area contributed by atoms with Crippen LogP contribution in [0.4, 0.5) is 0 Å². The molecular weight excluding hydrogens is 412 g/mol. The number of amides is 1. The van der Waals surface area contributed by atoms with E-state index in [1.54, 1.807) is 7.11 Å². The summed E-state index contributed by atoms with van der Waals surface area (Å²) < 4.78 is 11.7. The summed E-state index contributed by atoms with van der Waals surface area (Å²) in [7, 11) is 1.67. The minimum Gasteiger partial charge on any atom is -0.496 e. The summed E-state index contributed by atoms with van der Waals surface area (Å²) in [6.45, 7) is 2.52. The Morgan fingerprint density at radius 2 is 1.85 bits per heavy atom. The van der Waals surface area contributed by atoms with E-state index in [2.05, 4.69) is 10.5 Å². The first-order valence-corrected chi connectivity index (χ1v) is 12.9. The van der Waals surface area contributed by atoms with Gasteiger partial charge in [-0.15, -0.1) is 0 Å². The Morgan fingerprint density at radius 1 is 1.15 bits per heavy atom. The van der Waals surface area contributed by atoms with Crippen LogP contribution in [0.5, 0.6) is 5.75 Å². The van der Waals surface area contributed by atoms with Gasteiger partial charge in [0.25, 0.3) is 0 Å². The lowest BCUT2D eigenvalue weighted by atomic mass is 9.48. The quantitative estimate of drug-likeness (QED) is 0.572. The Hall–Kier alpha value is -2.30. The number of hydrogen-bond donors (Lipinski definition) is 1. The Balaban J connectivity index is 1.14. The van der Waals surface area contributed by atoms with Crippen molar-refractivity contribution >= 4 is 5.91 Å². The van der Waals surface area contributed by atoms with Gasteiger partial charge in [0.05, 0.1) is 12.8 Å². The fourth-order valence-corrected chi connectivity index (χ4v) is 7.59. The summed E-state index contributed by atoms with van der Waals surface area (Å²) in [5.41, 5.74) is 4.83. The largest absolute Gasteiger partial charge is 0.496 e. The smallest absolute Gasteiger partial charge is 0.220 e. The molecule has 0 saturated heterocycles. The van der Waals surface area contributed by atoms with Crippen LogP contribution >= 0.6 is 0 Å². The second-order valence-electron chi connectivity index (χ2n) is 11.4. The third-order valence-electron chi connectivity index (χ3n) is 8.82. The van der Waals surface area contributed by atoms with Crippen molar-refractivity contribution in [3.05, 3.63) is 46.3 Å². The zero-order valence-electron chi connectivity index (χ0n) is 20.0. The summed E-state index contributed by atoms with van der Waals surface area (Å²) >= 11 is 0. The fourth-order valence-electron chi connectivity index (χ4n) is 7.59. The molecule has 5 aliphatic rings. The molecule has 0 spiro atoms. The van der Waals surface area contributed by atoms with Crippen LogP contribution < -0.4 is 10.1 Å².